The fraction of sp³-hybridized carbons (Fsp3) is 0.133. The highest BCUT2D eigenvalue weighted by Crippen LogP contribution is 2.31. The number of aliphatic hydroxyl groups excluding tert-OH is 1. The number of hydrogen-bond acceptors (Lipinski definition) is 3. The van der Waals surface area contributed by atoms with Crippen LogP contribution in [0.2, 0.25) is 10.0 Å². The first-order valence-corrected chi connectivity index (χ1v) is 7.10. The molecule has 3 rings (SSSR count). The van der Waals surface area contributed by atoms with Crippen LogP contribution < -0.4 is 5.73 Å². The van der Waals surface area contributed by atoms with Gasteiger partial charge in [-0.2, -0.15) is 0 Å². The lowest BCUT2D eigenvalue weighted by Gasteiger charge is -2.12. The van der Waals surface area contributed by atoms with Gasteiger partial charge < -0.3 is 10.8 Å². The van der Waals surface area contributed by atoms with Crippen LogP contribution in [0.3, 0.4) is 0 Å². The summed E-state index contributed by atoms with van der Waals surface area (Å²) in [6, 6.07) is 8.96. The molecule has 0 aliphatic heterocycles. The maximum Gasteiger partial charge on any atom is 0.140 e. The number of aryl methyl sites for hydroxylation is 1. The normalized spacial score (nSPS) is 11.2. The minimum absolute atomic E-state index is 0.212. The van der Waals surface area contributed by atoms with Crippen molar-refractivity contribution in [2.45, 2.75) is 13.5 Å². The molecule has 4 nitrogen and oxygen atoms in total. The number of nitrogens with zero attached hydrogens (tertiary/aromatic N) is 2. The van der Waals surface area contributed by atoms with Crippen LogP contribution in [-0.4, -0.2) is 14.7 Å². The van der Waals surface area contributed by atoms with Crippen LogP contribution in [0, 0.1) is 6.92 Å². The fourth-order valence-electron chi connectivity index (χ4n) is 2.33. The van der Waals surface area contributed by atoms with E-state index in [9.17, 15) is 5.11 Å². The second-order valence-corrected chi connectivity index (χ2v) is 5.64. The van der Waals surface area contributed by atoms with Crippen molar-refractivity contribution in [1.82, 2.24) is 9.55 Å². The Morgan fingerprint density at radius 2 is 1.95 bits per heavy atom. The number of nitrogen functional groups attached to an aromatic ring is 1. The van der Waals surface area contributed by atoms with Crippen molar-refractivity contribution in [3.8, 4) is 5.69 Å². The second-order valence-electron chi connectivity index (χ2n) is 4.82. The lowest BCUT2D eigenvalue weighted by Crippen LogP contribution is -2.02. The monoisotopic (exact) mass is 321 g/mol. The standard InChI is InChI=1S/C15H13Cl2N3O/c1-8-4-11(17)14(6-10(8)16)20-13-3-2-9(18)5-12(13)19-15(20)7-21/h2-6,21H,7,18H2,1H3. The molecule has 0 bridgehead atoms. The third-order valence-corrected chi connectivity index (χ3v) is 4.07. The quantitative estimate of drug-likeness (QED) is 0.707. The Kier molecular flexibility index (Phi) is 3.53. The zero-order valence-corrected chi connectivity index (χ0v) is 12.8. The number of hydrogen-bond donors (Lipinski definition) is 2. The maximum absolute atomic E-state index is 9.57. The second kappa shape index (κ2) is 5.22. The Labute approximate surface area is 131 Å². The molecule has 0 saturated heterocycles. The molecule has 3 aromatic rings. The average Bonchev–Trinajstić information content (AvgIpc) is 2.80. The summed E-state index contributed by atoms with van der Waals surface area (Å²) in [6.07, 6.45) is 0. The van der Waals surface area contributed by atoms with Crippen molar-refractivity contribution in [2.24, 2.45) is 0 Å². The van der Waals surface area contributed by atoms with Crippen LogP contribution in [0.4, 0.5) is 5.69 Å². The van der Waals surface area contributed by atoms with E-state index in [-0.39, 0.29) is 6.61 Å². The first-order valence-electron chi connectivity index (χ1n) is 6.35. The predicted molar refractivity (Wildman–Crippen MR) is 86.2 cm³/mol. The molecule has 1 heterocycles. The van der Waals surface area contributed by atoms with E-state index in [0.29, 0.717) is 32.8 Å². The molecule has 3 N–H and O–H groups in total. The van der Waals surface area contributed by atoms with E-state index < -0.39 is 0 Å². The van der Waals surface area contributed by atoms with Gasteiger partial charge in [-0.3, -0.25) is 4.57 Å². The van der Waals surface area contributed by atoms with Gasteiger partial charge in [0.15, 0.2) is 0 Å². The van der Waals surface area contributed by atoms with Crippen LogP contribution in [0.25, 0.3) is 16.7 Å². The molecule has 0 amide bonds. The topological polar surface area (TPSA) is 64.1 Å². The molecule has 0 aliphatic carbocycles. The molecule has 0 unspecified atom stereocenters. The lowest BCUT2D eigenvalue weighted by molar-refractivity contribution is 0.270. The number of fused-ring (bicyclic) bond motifs is 1. The van der Waals surface area contributed by atoms with Crippen molar-refractivity contribution in [3.05, 3.63) is 51.8 Å². The molecule has 1 aromatic heterocycles. The van der Waals surface area contributed by atoms with Gasteiger partial charge in [-0.05, 0) is 42.8 Å². The van der Waals surface area contributed by atoms with Gasteiger partial charge in [0.2, 0.25) is 0 Å². The Hall–Kier alpha value is -1.75. The van der Waals surface area contributed by atoms with E-state index in [2.05, 4.69) is 4.98 Å². The summed E-state index contributed by atoms with van der Waals surface area (Å²) in [7, 11) is 0. The van der Waals surface area contributed by atoms with E-state index in [1.165, 1.54) is 0 Å². The Bertz CT molecular complexity index is 843. The highest BCUT2D eigenvalue weighted by Gasteiger charge is 2.15. The molecule has 6 heteroatoms. The Morgan fingerprint density at radius 1 is 1.19 bits per heavy atom. The molecule has 2 aromatic carbocycles. The fourth-order valence-corrected chi connectivity index (χ4v) is 2.79. The van der Waals surface area contributed by atoms with E-state index in [0.717, 1.165) is 11.1 Å². The summed E-state index contributed by atoms with van der Waals surface area (Å²) in [5.41, 5.74) is 9.49. The maximum atomic E-state index is 9.57. The van der Waals surface area contributed by atoms with Gasteiger partial charge in [0.05, 0.1) is 21.7 Å². The summed E-state index contributed by atoms with van der Waals surface area (Å²) >= 11 is 12.5. The van der Waals surface area contributed by atoms with Crippen LogP contribution in [-0.2, 0) is 6.61 Å². The van der Waals surface area contributed by atoms with Gasteiger partial charge in [-0.25, -0.2) is 4.98 Å². The summed E-state index contributed by atoms with van der Waals surface area (Å²) in [4.78, 5) is 4.39. The summed E-state index contributed by atoms with van der Waals surface area (Å²) in [5.74, 6) is 0.484. The SMILES string of the molecule is Cc1cc(Cl)c(-n2c(CO)nc3cc(N)ccc32)cc1Cl. The van der Waals surface area contributed by atoms with Gasteiger partial charge in [-0.15, -0.1) is 0 Å². The highest BCUT2D eigenvalue weighted by molar-refractivity contribution is 6.35. The number of aliphatic hydroxyl groups is 1. The van der Waals surface area contributed by atoms with Gasteiger partial charge in [0, 0.05) is 10.7 Å². The van der Waals surface area contributed by atoms with Gasteiger partial charge in [0.25, 0.3) is 0 Å². The van der Waals surface area contributed by atoms with Crippen molar-refractivity contribution in [3.63, 3.8) is 0 Å². The van der Waals surface area contributed by atoms with Gasteiger partial charge in [-0.1, -0.05) is 23.2 Å². The van der Waals surface area contributed by atoms with Gasteiger partial charge in [0.1, 0.15) is 12.4 Å². The third-order valence-electron chi connectivity index (χ3n) is 3.36. The van der Waals surface area contributed by atoms with E-state index >= 15 is 0 Å². The molecular formula is C15H13Cl2N3O. The molecule has 0 atom stereocenters. The first kappa shape index (κ1) is 14.2. The minimum atomic E-state index is -0.212. The molecule has 0 spiro atoms. The molecular weight excluding hydrogens is 309 g/mol. The third kappa shape index (κ3) is 2.35. The zero-order valence-electron chi connectivity index (χ0n) is 11.3. The molecule has 0 fully saturated rings. The number of aromatic nitrogens is 2. The van der Waals surface area contributed by atoms with Crippen molar-refractivity contribution in [2.75, 3.05) is 5.73 Å². The van der Waals surface area contributed by atoms with Crippen molar-refractivity contribution >= 4 is 39.9 Å². The Balaban J connectivity index is 2.36. The molecule has 108 valence electrons. The lowest BCUT2D eigenvalue weighted by atomic mass is 10.2. The van der Waals surface area contributed by atoms with Crippen LogP contribution in [0.15, 0.2) is 30.3 Å². The molecule has 0 aliphatic rings. The Morgan fingerprint density at radius 3 is 2.67 bits per heavy atom. The van der Waals surface area contributed by atoms with E-state index in [1.54, 1.807) is 28.8 Å². The molecule has 21 heavy (non-hydrogen) atoms. The van der Waals surface area contributed by atoms with Crippen LogP contribution >= 0.6 is 23.2 Å². The highest BCUT2D eigenvalue weighted by atomic mass is 35.5. The first-order chi connectivity index (χ1) is 10.0. The number of nitrogens with two attached hydrogens (primary N) is 1. The summed E-state index contributed by atoms with van der Waals surface area (Å²) in [5, 5.41) is 10.7. The van der Waals surface area contributed by atoms with Crippen molar-refractivity contribution < 1.29 is 5.11 Å². The number of anilines is 1. The zero-order chi connectivity index (χ0) is 15.1. The number of imidazole rings is 1. The van der Waals surface area contributed by atoms with E-state index in [1.807, 2.05) is 13.0 Å². The summed E-state index contributed by atoms with van der Waals surface area (Å²) < 4.78 is 1.79. The molecule has 0 saturated carbocycles. The number of halogens is 2. The van der Waals surface area contributed by atoms with E-state index in [4.69, 9.17) is 28.9 Å². The largest absolute Gasteiger partial charge is 0.399 e. The molecule has 0 radical (unpaired) electrons. The van der Waals surface area contributed by atoms with Gasteiger partial charge >= 0.3 is 0 Å². The average molecular weight is 322 g/mol. The van der Waals surface area contributed by atoms with Crippen LogP contribution in [0.1, 0.15) is 11.4 Å². The number of rotatable bonds is 2. The minimum Gasteiger partial charge on any atom is -0.399 e. The predicted octanol–water partition coefficient (Wildman–Crippen LogP) is 3.72. The summed E-state index contributed by atoms with van der Waals surface area (Å²) in [6.45, 7) is 1.67. The van der Waals surface area contributed by atoms with Crippen molar-refractivity contribution in [1.29, 1.82) is 0 Å². The number of benzene rings is 2. The smallest absolute Gasteiger partial charge is 0.140 e. The van der Waals surface area contributed by atoms with Crippen LogP contribution in [0.5, 0.6) is 0 Å².